The second-order valence-electron chi connectivity index (χ2n) is 5.23. The molecule has 5 nitrogen and oxygen atoms in total. The molecular formula is C16H26N2O3. The molecule has 1 rings (SSSR count). The monoisotopic (exact) mass is 294 g/mol. The van der Waals surface area contributed by atoms with E-state index in [-0.39, 0.29) is 5.91 Å². The van der Waals surface area contributed by atoms with Gasteiger partial charge in [0.05, 0.1) is 19.0 Å². The van der Waals surface area contributed by atoms with E-state index in [1.807, 2.05) is 13.8 Å². The normalized spacial score (nSPS) is 13.5. The van der Waals surface area contributed by atoms with Crippen LogP contribution in [0.2, 0.25) is 0 Å². The second-order valence-corrected chi connectivity index (χ2v) is 5.23. The fourth-order valence-corrected chi connectivity index (χ4v) is 1.93. The molecule has 118 valence electrons. The first kappa shape index (κ1) is 17.4. The van der Waals surface area contributed by atoms with Gasteiger partial charge in [0.15, 0.2) is 0 Å². The topological polar surface area (TPSA) is 60.5 Å². The summed E-state index contributed by atoms with van der Waals surface area (Å²) >= 11 is 0. The van der Waals surface area contributed by atoms with Crippen molar-refractivity contribution in [2.75, 3.05) is 19.0 Å². The highest BCUT2D eigenvalue weighted by Crippen LogP contribution is 2.22. The van der Waals surface area contributed by atoms with Crippen molar-refractivity contribution in [3.8, 4) is 5.88 Å². The Kier molecular flexibility index (Phi) is 7.15. The van der Waals surface area contributed by atoms with Crippen molar-refractivity contribution in [1.82, 2.24) is 4.98 Å². The van der Waals surface area contributed by atoms with Crippen molar-refractivity contribution < 1.29 is 14.3 Å². The first-order valence-corrected chi connectivity index (χ1v) is 7.51. The number of carbonyl (C=O) groups is 1. The zero-order chi connectivity index (χ0) is 15.7. The molecule has 0 unspecified atom stereocenters. The molecule has 1 aromatic heterocycles. The zero-order valence-electron chi connectivity index (χ0n) is 13.4. The number of rotatable bonds is 9. The smallest absolute Gasteiger partial charge is 0.256 e. The maximum absolute atomic E-state index is 12.5. The summed E-state index contributed by atoms with van der Waals surface area (Å²) in [4.78, 5) is 16.6. The summed E-state index contributed by atoms with van der Waals surface area (Å²) in [6.45, 7) is 6.57. The molecule has 0 aliphatic carbocycles. The van der Waals surface area contributed by atoms with Gasteiger partial charge < -0.3 is 14.8 Å². The van der Waals surface area contributed by atoms with Crippen LogP contribution in [0.3, 0.4) is 0 Å². The molecule has 5 heteroatoms. The van der Waals surface area contributed by atoms with Crippen LogP contribution < -0.4 is 10.1 Å². The first-order chi connectivity index (χ1) is 10.1. The molecule has 1 atom stereocenters. The van der Waals surface area contributed by atoms with Gasteiger partial charge in [0.25, 0.3) is 5.91 Å². The number of carbonyl (C=O) groups excluding carboxylic acids is 1. The van der Waals surface area contributed by atoms with E-state index >= 15 is 0 Å². The fraction of sp³-hybridized carbons (Fsp3) is 0.625. The number of pyridine rings is 1. The number of anilines is 1. The molecule has 0 bridgehead atoms. The SMILES string of the molecule is CCCC[C@](C)(OCCC)C(=O)Nc1ccc(OC)nc1. The molecule has 1 heterocycles. The molecule has 1 aromatic rings. The van der Waals surface area contributed by atoms with E-state index < -0.39 is 5.60 Å². The Morgan fingerprint density at radius 3 is 2.62 bits per heavy atom. The predicted molar refractivity (Wildman–Crippen MR) is 83.6 cm³/mol. The molecule has 1 amide bonds. The molecule has 0 fully saturated rings. The molecule has 0 aliphatic heterocycles. The molecular weight excluding hydrogens is 268 g/mol. The number of aromatic nitrogens is 1. The Hall–Kier alpha value is -1.62. The largest absolute Gasteiger partial charge is 0.481 e. The summed E-state index contributed by atoms with van der Waals surface area (Å²) < 4.78 is 10.8. The average Bonchev–Trinajstić information content (AvgIpc) is 2.51. The van der Waals surface area contributed by atoms with Gasteiger partial charge in [-0.15, -0.1) is 0 Å². The van der Waals surface area contributed by atoms with Crippen LogP contribution in [0, 0.1) is 0 Å². The highest BCUT2D eigenvalue weighted by molar-refractivity contribution is 5.96. The number of nitrogens with zero attached hydrogens (tertiary/aromatic N) is 1. The van der Waals surface area contributed by atoms with Crippen LogP contribution in [0.1, 0.15) is 46.5 Å². The average molecular weight is 294 g/mol. The molecule has 0 aliphatic rings. The highest BCUT2D eigenvalue weighted by atomic mass is 16.5. The van der Waals surface area contributed by atoms with Gasteiger partial charge in [0, 0.05) is 12.7 Å². The Morgan fingerprint density at radius 1 is 1.33 bits per heavy atom. The first-order valence-electron chi connectivity index (χ1n) is 7.51. The lowest BCUT2D eigenvalue weighted by Gasteiger charge is -2.28. The number of nitrogens with one attached hydrogen (secondary N) is 1. The minimum absolute atomic E-state index is 0.128. The van der Waals surface area contributed by atoms with Crippen LogP contribution in [0.5, 0.6) is 5.88 Å². The Labute approximate surface area is 127 Å². The minimum Gasteiger partial charge on any atom is -0.481 e. The van der Waals surface area contributed by atoms with Crippen LogP contribution in [-0.4, -0.2) is 30.2 Å². The standard InChI is InChI=1S/C16H26N2O3/c1-5-7-10-16(3,21-11-6-2)15(19)18-13-8-9-14(20-4)17-12-13/h8-9,12H,5-7,10-11H2,1-4H3,(H,18,19)/t16-/m0/s1. The van der Waals surface area contributed by atoms with Gasteiger partial charge in [0.2, 0.25) is 5.88 Å². The van der Waals surface area contributed by atoms with Crippen LogP contribution in [0.4, 0.5) is 5.69 Å². The van der Waals surface area contributed by atoms with Crippen molar-refractivity contribution in [2.24, 2.45) is 0 Å². The maximum atomic E-state index is 12.5. The third-order valence-corrected chi connectivity index (χ3v) is 3.32. The van der Waals surface area contributed by atoms with Gasteiger partial charge in [-0.2, -0.15) is 0 Å². The van der Waals surface area contributed by atoms with Crippen molar-refractivity contribution >= 4 is 11.6 Å². The Bertz CT molecular complexity index is 424. The third-order valence-electron chi connectivity index (χ3n) is 3.32. The lowest BCUT2D eigenvalue weighted by Crippen LogP contribution is -2.43. The van der Waals surface area contributed by atoms with Crippen molar-refractivity contribution in [1.29, 1.82) is 0 Å². The third kappa shape index (κ3) is 5.34. The highest BCUT2D eigenvalue weighted by Gasteiger charge is 2.33. The van der Waals surface area contributed by atoms with Crippen molar-refractivity contribution in [3.05, 3.63) is 18.3 Å². The Morgan fingerprint density at radius 2 is 2.10 bits per heavy atom. The molecule has 1 N–H and O–H groups in total. The van der Waals surface area contributed by atoms with Gasteiger partial charge in [-0.1, -0.05) is 26.7 Å². The van der Waals surface area contributed by atoms with E-state index in [0.29, 0.717) is 24.6 Å². The van der Waals surface area contributed by atoms with Crippen molar-refractivity contribution in [3.63, 3.8) is 0 Å². The van der Waals surface area contributed by atoms with Gasteiger partial charge >= 0.3 is 0 Å². The number of hydrogen-bond donors (Lipinski definition) is 1. The molecule has 0 radical (unpaired) electrons. The lowest BCUT2D eigenvalue weighted by atomic mass is 9.97. The van der Waals surface area contributed by atoms with E-state index in [2.05, 4.69) is 17.2 Å². The summed E-state index contributed by atoms with van der Waals surface area (Å²) in [6, 6.07) is 3.48. The number of methoxy groups -OCH3 is 1. The summed E-state index contributed by atoms with van der Waals surface area (Å²) in [6.07, 6.45) is 5.16. The molecule has 21 heavy (non-hydrogen) atoms. The van der Waals surface area contributed by atoms with Crippen molar-refractivity contribution in [2.45, 2.75) is 52.1 Å². The van der Waals surface area contributed by atoms with Crippen LogP contribution >= 0.6 is 0 Å². The van der Waals surface area contributed by atoms with Crippen LogP contribution in [-0.2, 0) is 9.53 Å². The van der Waals surface area contributed by atoms with Gasteiger partial charge in [-0.25, -0.2) is 4.98 Å². The van der Waals surface area contributed by atoms with E-state index in [4.69, 9.17) is 9.47 Å². The number of unbranched alkanes of at least 4 members (excludes halogenated alkanes) is 1. The summed E-state index contributed by atoms with van der Waals surface area (Å²) in [5.74, 6) is 0.389. The maximum Gasteiger partial charge on any atom is 0.256 e. The zero-order valence-corrected chi connectivity index (χ0v) is 13.4. The van der Waals surface area contributed by atoms with E-state index in [9.17, 15) is 4.79 Å². The molecule has 0 aromatic carbocycles. The van der Waals surface area contributed by atoms with Crippen LogP contribution in [0.15, 0.2) is 18.3 Å². The number of amides is 1. The lowest BCUT2D eigenvalue weighted by molar-refractivity contribution is -0.140. The summed E-state index contributed by atoms with van der Waals surface area (Å²) in [5, 5.41) is 2.87. The van der Waals surface area contributed by atoms with Gasteiger partial charge in [-0.3, -0.25) is 4.79 Å². The number of hydrogen-bond acceptors (Lipinski definition) is 4. The quantitative estimate of drug-likeness (QED) is 0.758. The molecule has 0 saturated carbocycles. The van der Waals surface area contributed by atoms with E-state index in [0.717, 1.165) is 19.3 Å². The second kappa shape index (κ2) is 8.62. The number of ether oxygens (including phenoxy) is 2. The van der Waals surface area contributed by atoms with Gasteiger partial charge in [0.1, 0.15) is 5.60 Å². The van der Waals surface area contributed by atoms with E-state index in [1.54, 1.807) is 25.4 Å². The summed E-state index contributed by atoms with van der Waals surface area (Å²) in [7, 11) is 1.56. The molecule has 0 spiro atoms. The molecule has 0 saturated heterocycles. The van der Waals surface area contributed by atoms with Gasteiger partial charge in [-0.05, 0) is 25.8 Å². The summed E-state index contributed by atoms with van der Waals surface area (Å²) in [5.41, 5.74) is -0.157. The van der Waals surface area contributed by atoms with Crippen LogP contribution in [0.25, 0.3) is 0 Å². The Balaban J connectivity index is 2.73. The minimum atomic E-state index is -0.800. The fourth-order valence-electron chi connectivity index (χ4n) is 1.93. The van der Waals surface area contributed by atoms with E-state index in [1.165, 1.54) is 0 Å². The predicted octanol–water partition coefficient (Wildman–Crippen LogP) is 3.40.